The molecule has 0 N–H and O–H groups in total. The lowest BCUT2D eigenvalue weighted by Gasteiger charge is -2.37. The minimum absolute atomic E-state index is 0.171. The smallest absolute Gasteiger partial charge is 0.131 e. The molecule has 0 nitrogen and oxygen atoms in total. The summed E-state index contributed by atoms with van der Waals surface area (Å²) in [5.74, 6) is 3.88. The first-order valence-electron chi connectivity index (χ1n) is 16.6. The summed E-state index contributed by atoms with van der Waals surface area (Å²) in [6.45, 7) is 10.6. The van der Waals surface area contributed by atoms with E-state index in [2.05, 4.69) is 69.8 Å². The van der Waals surface area contributed by atoms with Crippen molar-refractivity contribution in [3.8, 4) is 22.3 Å². The molecule has 0 bridgehead atoms. The molecule has 1 heteroatoms. The third-order valence-corrected chi connectivity index (χ3v) is 9.87. The molecule has 0 aliphatic heterocycles. The van der Waals surface area contributed by atoms with E-state index in [9.17, 15) is 4.39 Å². The highest BCUT2D eigenvalue weighted by atomic mass is 19.1. The first-order valence-corrected chi connectivity index (χ1v) is 16.6. The molecule has 220 valence electrons. The second-order valence-corrected chi connectivity index (χ2v) is 12.7. The highest BCUT2D eigenvalue weighted by Crippen LogP contribution is 2.42. The number of benzene rings is 3. The van der Waals surface area contributed by atoms with Crippen LogP contribution in [0.25, 0.3) is 22.3 Å². The zero-order chi connectivity index (χ0) is 29.0. The van der Waals surface area contributed by atoms with Crippen molar-refractivity contribution >= 4 is 0 Å². The van der Waals surface area contributed by atoms with E-state index in [0.29, 0.717) is 5.56 Å². The van der Waals surface area contributed by atoms with Gasteiger partial charge in [-0.2, -0.15) is 0 Å². The number of rotatable bonds is 9. The fraction of sp³-hybridized carbons (Fsp3) is 0.500. The van der Waals surface area contributed by atoms with Crippen LogP contribution in [-0.4, -0.2) is 0 Å². The normalized spacial score (nSPS) is 22.4. The van der Waals surface area contributed by atoms with Gasteiger partial charge in [-0.1, -0.05) is 120 Å². The second kappa shape index (κ2) is 16.1. The minimum atomic E-state index is -0.171. The summed E-state index contributed by atoms with van der Waals surface area (Å²) >= 11 is 0. The van der Waals surface area contributed by atoms with Crippen LogP contribution in [0, 0.1) is 29.5 Å². The molecule has 3 aromatic rings. The fourth-order valence-corrected chi connectivity index (χ4v) is 7.21. The first kappa shape index (κ1) is 31.3. The Hall–Kier alpha value is -2.67. The van der Waals surface area contributed by atoms with Crippen LogP contribution in [0.1, 0.15) is 103 Å². The van der Waals surface area contributed by atoms with E-state index >= 15 is 0 Å². The summed E-state index contributed by atoms with van der Waals surface area (Å²) in [5, 5.41) is 0. The molecule has 5 rings (SSSR count). The van der Waals surface area contributed by atoms with Crippen LogP contribution in [0.5, 0.6) is 0 Å². The third kappa shape index (κ3) is 8.91. The van der Waals surface area contributed by atoms with Crippen molar-refractivity contribution in [2.45, 2.75) is 104 Å². The molecule has 0 amide bonds. The van der Waals surface area contributed by atoms with Gasteiger partial charge in [-0.15, -0.1) is 6.58 Å². The zero-order valence-electron chi connectivity index (χ0n) is 26.0. The van der Waals surface area contributed by atoms with Crippen LogP contribution < -0.4 is 0 Å². The molecule has 0 spiro atoms. The van der Waals surface area contributed by atoms with Gasteiger partial charge in [0.05, 0.1) is 0 Å². The summed E-state index contributed by atoms with van der Waals surface area (Å²) in [7, 11) is 0. The van der Waals surface area contributed by atoms with Crippen molar-refractivity contribution in [3.05, 3.63) is 96.3 Å². The summed E-state index contributed by atoms with van der Waals surface area (Å²) in [6.07, 6.45) is 20.2. The monoisotopic (exact) mass is 552 g/mol. The summed E-state index contributed by atoms with van der Waals surface area (Å²) in [6, 6.07) is 22.1. The largest absolute Gasteiger partial charge is 0.206 e. The maximum absolute atomic E-state index is 14.6. The van der Waals surface area contributed by atoms with Crippen LogP contribution in [0.15, 0.2) is 79.4 Å². The van der Waals surface area contributed by atoms with E-state index in [1.54, 1.807) is 6.07 Å². The summed E-state index contributed by atoms with van der Waals surface area (Å²) < 4.78 is 14.6. The van der Waals surface area contributed by atoms with Gasteiger partial charge in [0.1, 0.15) is 5.82 Å². The molecular formula is C40H53F. The minimum Gasteiger partial charge on any atom is -0.206 e. The molecule has 3 aromatic carbocycles. The van der Waals surface area contributed by atoms with Gasteiger partial charge >= 0.3 is 0 Å². The Balaban J connectivity index is 0.000000201. The number of hydrogen-bond acceptors (Lipinski definition) is 0. The molecule has 2 saturated carbocycles. The molecule has 2 aliphatic rings. The maximum atomic E-state index is 14.6. The van der Waals surface area contributed by atoms with E-state index < -0.39 is 0 Å². The third-order valence-electron chi connectivity index (χ3n) is 9.87. The Morgan fingerprint density at radius 2 is 1.22 bits per heavy atom. The van der Waals surface area contributed by atoms with Crippen LogP contribution in [0.2, 0.25) is 0 Å². The lowest BCUT2D eigenvalue weighted by molar-refractivity contribution is 0.152. The van der Waals surface area contributed by atoms with Crippen molar-refractivity contribution in [2.75, 3.05) is 0 Å². The molecule has 2 fully saturated rings. The van der Waals surface area contributed by atoms with Gasteiger partial charge in [-0.3, -0.25) is 0 Å². The average Bonchev–Trinajstić information content (AvgIpc) is 3.03. The highest BCUT2D eigenvalue weighted by molar-refractivity contribution is 5.71. The summed E-state index contributed by atoms with van der Waals surface area (Å²) in [5.41, 5.74) is 6.15. The fourth-order valence-electron chi connectivity index (χ4n) is 7.21. The van der Waals surface area contributed by atoms with E-state index in [1.807, 2.05) is 24.3 Å². The lowest BCUT2D eigenvalue weighted by Crippen LogP contribution is -2.25. The molecule has 0 aromatic heterocycles. The SMILES string of the molecule is C=CC1CCC(C2CCC(CCC)CC2)CC1.CCCc1ccc(-c2ccc(-c3ccc(CC)cc3)cc2F)cc1. The molecule has 0 unspecified atom stereocenters. The van der Waals surface area contributed by atoms with Gasteiger partial charge in [-0.25, -0.2) is 4.39 Å². The Kier molecular flexibility index (Phi) is 12.3. The number of allylic oxidation sites excluding steroid dienone is 1. The van der Waals surface area contributed by atoms with Crippen molar-refractivity contribution in [3.63, 3.8) is 0 Å². The van der Waals surface area contributed by atoms with E-state index in [0.717, 1.165) is 59.6 Å². The topological polar surface area (TPSA) is 0 Å². The van der Waals surface area contributed by atoms with Crippen LogP contribution >= 0.6 is 0 Å². The first-order chi connectivity index (χ1) is 20.0. The molecule has 0 radical (unpaired) electrons. The average molecular weight is 553 g/mol. The molecule has 41 heavy (non-hydrogen) atoms. The predicted molar refractivity (Wildman–Crippen MR) is 177 cm³/mol. The van der Waals surface area contributed by atoms with Crippen molar-refractivity contribution < 1.29 is 4.39 Å². The molecular weight excluding hydrogens is 499 g/mol. The lowest BCUT2D eigenvalue weighted by atomic mass is 9.69. The van der Waals surface area contributed by atoms with Crippen LogP contribution in [0.3, 0.4) is 0 Å². The summed E-state index contributed by atoms with van der Waals surface area (Å²) in [4.78, 5) is 0. The Labute approximate surface area is 250 Å². The Morgan fingerprint density at radius 1 is 0.659 bits per heavy atom. The van der Waals surface area contributed by atoms with Gasteiger partial charge in [0, 0.05) is 5.56 Å². The maximum Gasteiger partial charge on any atom is 0.131 e. The van der Waals surface area contributed by atoms with E-state index in [-0.39, 0.29) is 5.82 Å². The Morgan fingerprint density at radius 3 is 1.76 bits per heavy atom. The van der Waals surface area contributed by atoms with Crippen LogP contribution in [0.4, 0.5) is 4.39 Å². The predicted octanol–water partition coefficient (Wildman–Crippen LogP) is 12.3. The number of halogens is 1. The van der Waals surface area contributed by atoms with Crippen molar-refractivity contribution in [2.24, 2.45) is 23.7 Å². The highest BCUT2D eigenvalue weighted by Gasteiger charge is 2.29. The standard InChI is InChI=1S/C23H23F.C17H30/c1-3-5-18-8-12-20(13-9-18)22-15-14-21(16-23(22)24)19-10-6-17(4-2)7-11-19;1-3-5-15-8-12-17(13-9-15)16-10-6-14(4-2)7-11-16/h6-16H,3-5H2,1-2H3;4,14-17H,2-3,5-13H2,1H3. The van der Waals surface area contributed by atoms with Crippen molar-refractivity contribution in [1.29, 1.82) is 0 Å². The molecule has 0 heterocycles. The Bertz CT molecular complexity index is 1170. The van der Waals surface area contributed by atoms with Gasteiger partial charge in [0.2, 0.25) is 0 Å². The number of hydrogen-bond donors (Lipinski definition) is 0. The number of aryl methyl sites for hydroxylation is 2. The molecule has 0 saturated heterocycles. The van der Waals surface area contributed by atoms with E-state index in [4.69, 9.17) is 0 Å². The quantitative estimate of drug-likeness (QED) is 0.232. The van der Waals surface area contributed by atoms with Crippen LogP contribution in [-0.2, 0) is 12.8 Å². The van der Waals surface area contributed by atoms with Gasteiger partial charge in [0.25, 0.3) is 0 Å². The van der Waals surface area contributed by atoms with Crippen molar-refractivity contribution in [1.82, 2.24) is 0 Å². The van der Waals surface area contributed by atoms with E-state index in [1.165, 1.54) is 75.3 Å². The van der Waals surface area contributed by atoms with Gasteiger partial charge < -0.3 is 0 Å². The molecule has 2 aliphatic carbocycles. The zero-order valence-corrected chi connectivity index (χ0v) is 26.0. The second-order valence-electron chi connectivity index (χ2n) is 12.7. The van der Waals surface area contributed by atoms with Gasteiger partial charge in [0.15, 0.2) is 0 Å². The molecule has 0 atom stereocenters. The van der Waals surface area contributed by atoms with Gasteiger partial charge in [-0.05, 0) is 109 Å².